The summed E-state index contributed by atoms with van der Waals surface area (Å²) in [4.78, 5) is 37.1. The number of halogens is 2. The first-order chi connectivity index (χ1) is 16.2. The van der Waals surface area contributed by atoms with Crippen molar-refractivity contribution in [2.75, 3.05) is 33.4 Å². The SMILES string of the molecule is COCC(NC(=O)OCC1c2ccccc2-c2ccccc21)C(=O)N1CC(C(=O)O)C(F)(F)C1. The second kappa shape index (κ2) is 9.38. The number of alkyl carbamates (subject to hydrolysis) is 1. The Bertz CT molecular complexity index is 1060. The topological polar surface area (TPSA) is 105 Å². The average molecular weight is 474 g/mol. The average Bonchev–Trinajstić information content (AvgIpc) is 3.31. The lowest BCUT2D eigenvalue weighted by Gasteiger charge is -2.23. The minimum atomic E-state index is -3.57. The van der Waals surface area contributed by atoms with Crippen LogP contribution in [0, 0.1) is 5.92 Å². The number of benzene rings is 2. The molecule has 2 amide bonds. The second-order valence-electron chi connectivity index (χ2n) is 8.35. The molecule has 8 nitrogen and oxygen atoms in total. The Kier molecular flexibility index (Phi) is 6.52. The molecule has 0 radical (unpaired) electrons. The van der Waals surface area contributed by atoms with Crippen LogP contribution in [0.4, 0.5) is 13.6 Å². The molecule has 180 valence electrons. The fourth-order valence-electron chi connectivity index (χ4n) is 4.55. The number of amides is 2. The molecule has 2 aliphatic rings. The molecule has 4 rings (SSSR count). The van der Waals surface area contributed by atoms with E-state index in [4.69, 9.17) is 14.6 Å². The van der Waals surface area contributed by atoms with Crippen molar-refractivity contribution in [1.82, 2.24) is 10.2 Å². The molecule has 2 atom stereocenters. The van der Waals surface area contributed by atoms with Crippen molar-refractivity contribution in [3.63, 3.8) is 0 Å². The van der Waals surface area contributed by atoms with Gasteiger partial charge in [0.05, 0.1) is 13.2 Å². The number of nitrogens with zero attached hydrogens (tertiary/aromatic N) is 1. The third-order valence-electron chi connectivity index (χ3n) is 6.19. The molecule has 0 saturated carbocycles. The number of rotatable bonds is 7. The van der Waals surface area contributed by atoms with Crippen molar-refractivity contribution >= 4 is 18.0 Å². The van der Waals surface area contributed by atoms with Gasteiger partial charge in [0.2, 0.25) is 5.91 Å². The van der Waals surface area contributed by atoms with Gasteiger partial charge in [0.1, 0.15) is 18.6 Å². The van der Waals surface area contributed by atoms with E-state index in [-0.39, 0.29) is 19.1 Å². The van der Waals surface area contributed by atoms with Crippen LogP contribution < -0.4 is 5.32 Å². The van der Waals surface area contributed by atoms with Crippen LogP contribution in [0.15, 0.2) is 48.5 Å². The molecule has 1 heterocycles. The monoisotopic (exact) mass is 474 g/mol. The number of ether oxygens (including phenoxy) is 2. The van der Waals surface area contributed by atoms with Crippen LogP contribution in [0.25, 0.3) is 11.1 Å². The Morgan fingerprint density at radius 2 is 1.71 bits per heavy atom. The van der Waals surface area contributed by atoms with E-state index < -0.39 is 48.9 Å². The summed E-state index contributed by atoms with van der Waals surface area (Å²) in [5.41, 5.74) is 4.14. The van der Waals surface area contributed by atoms with E-state index in [0.29, 0.717) is 0 Å². The smallest absolute Gasteiger partial charge is 0.407 e. The summed E-state index contributed by atoms with van der Waals surface area (Å²) in [6.07, 6.45) is -0.905. The molecule has 1 aliphatic heterocycles. The molecular weight excluding hydrogens is 450 g/mol. The molecule has 2 N–H and O–H groups in total. The van der Waals surface area contributed by atoms with Crippen LogP contribution in [0.2, 0.25) is 0 Å². The number of aliphatic carboxylic acids is 1. The van der Waals surface area contributed by atoms with Gasteiger partial charge in [-0.1, -0.05) is 48.5 Å². The summed E-state index contributed by atoms with van der Waals surface area (Å²) in [5, 5.41) is 11.4. The Morgan fingerprint density at radius 1 is 1.12 bits per heavy atom. The zero-order chi connectivity index (χ0) is 24.5. The standard InChI is InChI=1S/C24H24F2N2O6/c1-33-12-20(21(29)28-10-19(22(30)31)24(25,26)13-28)27-23(32)34-11-18-16-8-4-2-6-14(16)15-7-3-5-9-17(15)18/h2-9,18-20H,10-13H2,1H3,(H,27,32)(H,30,31). The predicted molar refractivity (Wildman–Crippen MR) is 117 cm³/mol. The lowest BCUT2D eigenvalue weighted by Crippen LogP contribution is -2.51. The molecule has 1 fully saturated rings. The van der Waals surface area contributed by atoms with Crippen molar-refractivity contribution < 1.29 is 37.7 Å². The van der Waals surface area contributed by atoms with Crippen LogP contribution in [0.1, 0.15) is 17.0 Å². The van der Waals surface area contributed by atoms with Crippen LogP contribution in [-0.4, -0.2) is 73.4 Å². The van der Waals surface area contributed by atoms with E-state index in [9.17, 15) is 23.2 Å². The van der Waals surface area contributed by atoms with Gasteiger partial charge in [-0.25, -0.2) is 13.6 Å². The number of hydrogen-bond acceptors (Lipinski definition) is 5. The maximum Gasteiger partial charge on any atom is 0.407 e. The number of hydrogen-bond donors (Lipinski definition) is 2. The molecular formula is C24H24F2N2O6. The molecule has 2 aromatic rings. The van der Waals surface area contributed by atoms with Gasteiger partial charge >= 0.3 is 12.1 Å². The molecule has 1 saturated heterocycles. The molecule has 34 heavy (non-hydrogen) atoms. The zero-order valence-electron chi connectivity index (χ0n) is 18.4. The number of nitrogens with one attached hydrogen (secondary N) is 1. The van der Waals surface area contributed by atoms with E-state index in [0.717, 1.165) is 27.2 Å². The summed E-state index contributed by atoms with van der Waals surface area (Å²) in [5.74, 6) is -8.31. The highest BCUT2D eigenvalue weighted by molar-refractivity contribution is 5.87. The highest BCUT2D eigenvalue weighted by Crippen LogP contribution is 2.44. The lowest BCUT2D eigenvalue weighted by atomic mass is 9.98. The minimum Gasteiger partial charge on any atom is -0.481 e. The number of likely N-dealkylation sites (tertiary alicyclic amines) is 1. The molecule has 10 heteroatoms. The normalized spacial score (nSPS) is 19.3. The number of carbonyl (C=O) groups excluding carboxylic acids is 2. The largest absolute Gasteiger partial charge is 0.481 e. The van der Waals surface area contributed by atoms with Gasteiger partial charge in [-0.3, -0.25) is 9.59 Å². The summed E-state index contributed by atoms with van der Waals surface area (Å²) >= 11 is 0. The molecule has 0 spiro atoms. The van der Waals surface area contributed by atoms with Crippen LogP contribution in [0.3, 0.4) is 0 Å². The zero-order valence-corrected chi connectivity index (χ0v) is 18.4. The van der Waals surface area contributed by atoms with Crippen molar-refractivity contribution in [3.05, 3.63) is 59.7 Å². The Hall–Kier alpha value is -3.53. The van der Waals surface area contributed by atoms with Gasteiger partial charge < -0.3 is 24.8 Å². The number of fused-ring (bicyclic) bond motifs is 3. The summed E-state index contributed by atoms with van der Waals surface area (Å²) in [6, 6.07) is 14.3. The van der Waals surface area contributed by atoms with E-state index in [2.05, 4.69) is 5.32 Å². The highest BCUT2D eigenvalue weighted by Gasteiger charge is 2.54. The van der Waals surface area contributed by atoms with Crippen molar-refractivity contribution in [3.8, 4) is 11.1 Å². The first kappa shape index (κ1) is 23.6. The summed E-state index contributed by atoms with van der Waals surface area (Å²) in [6.45, 7) is -1.98. The van der Waals surface area contributed by atoms with E-state index in [1.807, 2.05) is 48.5 Å². The maximum atomic E-state index is 14.0. The first-order valence-corrected chi connectivity index (χ1v) is 10.7. The van der Waals surface area contributed by atoms with Crippen molar-refractivity contribution in [2.24, 2.45) is 5.92 Å². The van der Waals surface area contributed by atoms with Gasteiger partial charge in [-0.05, 0) is 22.3 Å². The van der Waals surface area contributed by atoms with E-state index in [1.54, 1.807) is 0 Å². The number of methoxy groups -OCH3 is 1. The first-order valence-electron chi connectivity index (χ1n) is 10.7. The summed E-state index contributed by atoms with van der Waals surface area (Å²) < 4.78 is 38.4. The highest BCUT2D eigenvalue weighted by atomic mass is 19.3. The number of carbonyl (C=O) groups is 3. The van der Waals surface area contributed by atoms with Gasteiger partial charge in [0.25, 0.3) is 5.92 Å². The van der Waals surface area contributed by atoms with E-state index in [1.165, 1.54) is 7.11 Å². The number of alkyl halides is 2. The predicted octanol–water partition coefficient (Wildman–Crippen LogP) is 2.72. The third kappa shape index (κ3) is 4.45. The van der Waals surface area contributed by atoms with Gasteiger partial charge in [0.15, 0.2) is 0 Å². The Balaban J connectivity index is 1.41. The fraction of sp³-hybridized carbons (Fsp3) is 0.375. The van der Waals surface area contributed by atoms with Crippen LogP contribution >= 0.6 is 0 Å². The Morgan fingerprint density at radius 3 is 2.24 bits per heavy atom. The quantitative estimate of drug-likeness (QED) is 0.640. The van der Waals surface area contributed by atoms with E-state index >= 15 is 0 Å². The summed E-state index contributed by atoms with van der Waals surface area (Å²) in [7, 11) is 1.29. The number of carboxylic acid groups (broad SMARTS) is 1. The second-order valence-corrected chi connectivity index (χ2v) is 8.35. The maximum absolute atomic E-state index is 14.0. The molecule has 0 bridgehead atoms. The molecule has 2 unspecified atom stereocenters. The molecule has 0 aromatic heterocycles. The fourth-order valence-corrected chi connectivity index (χ4v) is 4.55. The third-order valence-corrected chi connectivity index (χ3v) is 6.19. The molecule has 2 aromatic carbocycles. The molecule has 1 aliphatic carbocycles. The van der Waals surface area contributed by atoms with Gasteiger partial charge in [0, 0.05) is 19.6 Å². The van der Waals surface area contributed by atoms with Gasteiger partial charge in [-0.15, -0.1) is 0 Å². The number of carboxylic acids is 1. The Labute approximate surface area is 194 Å². The van der Waals surface area contributed by atoms with Crippen LogP contribution in [0.5, 0.6) is 0 Å². The van der Waals surface area contributed by atoms with Crippen molar-refractivity contribution in [1.29, 1.82) is 0 Å². The van der Waals surface area contributed by atoms with Crippen molar-refractivity contribution in [2.45, 2.75) is 17.9 Å². The lowest BCUT2D eigenvalue weighted by molar-refractivity contribution is -0.151. The van der Waals surface area contributed by atoms with Crippen LogP contribution in [-0.2, 0) is 19.1 Å². The van der Waals surface area contributed by atoms with Gasteiger partial charge in [-0.2, -0.15) is 0 Å². The minimum absolute atomic E-state index is 0.0105.